The molecule has 0 fully saturated rings. The number of anilines is 2. The molecule has 1 aliphatic rings. The number of ether oxygens (including phenoxy) is 2. The van der Waals surface area contributed by atoms with Crippen LogP contribution in [0.3, 0.4) is 0 Å². The van der Waals surface area contributed by atoms with Gasteiger partial charge in [0.15, 0.2) is 0 Å². The Hall–Kier alpha value is -3.62. The van der Waals surface area contributed by atoms with Gasteiger partial charge in [-0.15, -0.1) is 0 Å². The van der Waals surface area contributed by atoms with Crippen LogP contribution in [0.2, 0.25) is 0 Å². The van der Waals surface area contributed by atoms with E-state index in [1.54, 1.807) is 26.8 Å². The number of nitrogens with one attached hydrogen (secondary N) is 3. The Morgan fingerprint density at radius 3 is 2.63 bits per heavy atom. The number of benzene rings is 1. The minimum Gasteiger partial charge on any atom is -0.445 e. The lowest BCUT2D eigenvalue weighted by atomic mass is 10.0. The molecule has 0 spiro atoms. The lowest BCUT2D eigenvalue weighted by molar-refractivity contribution is -0.118. The molecule has 0 unspecified atom stereocenters. The number of alkyl carbamates (subject to hydrolysis) is 1. The third-order valence-corrected chi connectivity index (χ3v) is 4.09. The van der Waals surface area contributed by atoms with Gasteiger partial charge in [0.25, 0.3) is 0 Å². The molecule has 9 heteroatoms. The fourth-order valence-electron chi connectivity index (χ4n) is 2.78. The molecule has 1 aliphatic heterocycles. The number of pyridine rings is 1. The summed E-state index contributed by atoms with van der Waals surface area (Å²) in [4.78, 5) is 40.6. The largest absolute Gasteiger partial charge is 0.445 e. The van der Waals surface area contributed by atoms with Gasteiger partial charge >= 0.3 is 12.2 Å². The molecule has 158 valence electrons. The van der Waals surface area contributed by atoms with Crippen molar-refractivity contribution < 1.29 is 23.9 Å². The van der Waals surface area contributed by atoms with E-state index in [1.165, 1.54) is 6.20 Å². The second-order valence-corrected chi connectivity index (χ2v) is 7.80. The lowest BCUT2D eigenvalue weighted by Gasteiger charge is -2.25. The van der Waals surface area contributed by atoms with E-state index in [4.69, 9.17) is 9.47 Å². The average molecular weight is 412 g/mol. The second-order valence-electron chi connectivity index (χ2n) is 7.80. The highest BCUT2D eigenvalue weighted by atomic mass is 16.6. The minimum atomic E-state index is -0.807. The molecule has 3 rings (SSSR count). The molecule has 1 aromatic carbocycles. The summed E-state index contributed by atoms with van der Waals surface area (Å²) in [7, 11) is 0. The van der Waals surface area contributed by atoms with Crippen LogP contribution in [0.5, 0.6) is 0 Å². The first-order chi connectivity index (χ1) is 14.2. The molecule has 1 atom stereocenters. The fraction of sp³-hybridized carbons (Fsp3) is 0.333. The maximum Gasteiger partial charge on any atom is 0.412 e. The zero-order chi connectivity index (χ0) is 21.7. The molecular weight excluding hydrogens is 388 g/mol. The Kier molecular flexibility index (Phi) is 6.20. The normalized spacial score (nSPS) is 15.4. The van der Waals surface area contributed by atoms with E-state index in [1.807, 2.05) is 30.3 Å². The van der Waals surface area contributed by atoms with Gasteiger partial charge in [-0.3, -0.25) is 15.1 Å². The molecule has 0 radical (unpaired) electrons. The van der Waals surface area contributed by atoms with Crippen LogP contribution in [0.1, 0.15) is 32.0 Å². The Labute approximate surface area is 174 Å². The number of amides is 3. The van der Waals surface area contributed by atoms with Crippen LogP contribution < -0.4 is 16.0 Å². The summed E-state index contributed by atoms with van der Waals surface area (Å²) in [5, 5.41) is 7.81. The topological polar surface area (TPSA) is 119 Å². The Bertz CT molecular complexity index is 940. The molecule has 2 heterocycles. The van der Waals surface area contributed by atoms with E-state index in [0.29, 0.717) is 17.1 Å². The van der Waals surface area contributed by atoms with Gasteiger partial charge in [0, 0.05) is 6.42 Å². The Morgan fingerprint density at radius 2 is 1.93 bits per heavy atom. The average Bonchev–Trinajstić information content (AvgIpc) is 2.66. The highest BCUT2D eigenvalue weighted by Crippen LogP contribution is 2.24. The zero-order valence-electron chi connectivity index (χ0n) is 17.0. The molecule has 0 saturated carbocycles. The molecule has 0 aliphatic carbocycles. The summed E-state index contributed by atoms with van der Waals surface area (Å²) >= 11 is 0. The van der Waals surface area contributed by atoms with Gasteiger partial charge < -0.3 is 20.1 Å². The number of hydrogen-bond acceptors (Lipinski definition) is 6. The van der Waals surface area contributed by atoms with Crippen LogP contribution in [0.4, 0.5) is 21.0 Å². The predicted molar refractivity (Wildman–Crippen MR) is 110 cm³/mol. The number of hydrogen-bond donors (Lipinski definition) is 3. The number of nitrogens with zero attached hydrogens (tertiary/aromatic N) is 1. The summed E-state index contributed by atoms with van der Waals surface area (Å²) in [6.45, 7) is 5.39. The lowest BCUT2D eigenvalue weighted by Crippen LogP contribution is -2.48. The predicted octanol–water partition coefficient (Wildman–Crippen LogP) is 3.22. The van der Waals surface area contributed by atoms with Crippen molar-refractivity contribution in [1.82, 2.24) is 10.3 Å². The number of fused-ring (bicyclic) bond motifs is 1. The van der Waals surface area contributed by atoms with E-state index in [9.17, 15) is 14.4 Å². The van der Waals surface area contributed by atoms with Crippen molar-refractivity contribution in [3.05, 3.63) is 53.9 Å². The van der Waals surface area contributed by atoms with Crippen LogP contribution >= 0.6 is 0 Å². The van der Waals surface area contributed by atoms with Crippen LogP contribution in [0, 0.1) is 0 Å². The minimum absolute atomic E-state index is 0.107. The monoisotopic (exact) mass is 412 g/mol. The summed E-state index contributed by atoms with van der Waals surface area (Å²) in [6.07, 6.45) is 0.358. The molecule has 9 nitrogen and oxygen atoms in total. The Balaban J connectivity index is 1.57. The van der Waals surface area contributed by atoms with E-state index >= 15 is 0 Å². The standard InChI is InChI=1S/C21H24N4O5/c1-21(2,3)30-20(28)23-14-9-16-15(22-11-14)10-17(18(26)24-16)25-19(27)29-12-13-7-5-4-6-8-13/h4-9,11,17H,10,12H2,1-3H3,(H,23,28)(H,24,26)(H,25,27)/t17-/m1/s1. The number of rotatable bonds is 4. The molecular formula is C21H24N4O5. The number of carbonyl (C=O) groups is 3. The van der Waals surface area contributed by atoms with Gasteiger partial charge in [-0.25, -0.2) is 9.59 Å². The highest BCUT2D eigenvalue weighted by molar-refractivity contribution is 6.00. The van der Waals surface area contributed by atoms with E-state index in [2.05, 4.69) is 20.9 Å². The third kappa shape index (κ3) is 5.94. The summed E-state index contributed by atoms with van der Waals surface area (Å²) < 4.78 is 10.4. The summed E-state index contributed by atoms with van der Waals surface area (Å²) in [5.41, 5.74) is 1.64. The second kappa shape index (κ2) is 8.81. The summed E-state index contributed by atoms with van der Waals surface area (Å²) in [5.74, 6) is -0.393. The smallest absolute Gasteiger partial charge is 0.412 e. The van der Waals surface area contributed by atoms with Gasteiger partial charge in [-0.05, 0) is 32.4 Å². The van der Waals surface area contributed by atoms with E-state index < -0.39 is 29.7 Å². The van der Waals surface area contributed by atoms with Crippen molar-refractivity contribution >= 4 is 29.5 Å². The van der Waals surface area contributed by atoms with Crippen LogP contribution in [0.15, 0.2) is 42.6 Å². The van der Waals surface area contributed by atoms with Crippen molar-refractivity contribution in [1.29, 1.82) is 0 Å². The molecule has 30 heavy (non-hydrogen) atoms. The fourth-order valence-corrected chi connectivity index (χ4v) is 2.78. The van der Waals surface area contributed by atoms with Crippen LogP contribution in [-0.4, -0.2) is 34.7 Å². The maximum absolute atomic E-state index is 12.4. The molecule has 0 bridgehead atoms. The van der Waals surface area contributed by atoms with Crippen LogP contribution in [0.25, 0.3) is 0 Å². The van der Waals surface area contributed by atoms with E-state index in [0.717, 1.165) is 5.56 Å². The van der Waals surface area contributed by atoms with Crippen molar-refractivity contribution in [2.24, 2.45) is 0 Å². The number of aromatic nitrogens is 1. The molecule has 0 saturated heterocycles. The van der Waals surface area contributed by atoms with Gasteiger partial charge in [-0.2, -0.15) is 0 Å². The SMILES string of the molecule is CC(C)(C)OC(=O)Nc1cnc2c(c1)NC(=O)[C@H](NC(=O)OCc1ccccc1)C2. The van der Waals surface area contributed by atoms with Gasteiger partial charge in [0.2, 0.25) is 5.91 Å². The first-order valence-corrected chi connectivity index (χ1v) is 9.46. The first-order valence-electron chi connectivity index (χ1n) is 9.46. The van der Waals surface area contributed by atoms with Crippen molar-refractivity contribution in [2.75, 3.05) is 10.6 Å². The number of carbonyl (C=O) groups excluding carboxylic acids is 3. The summed E-state index contributed by atoms with van der Waals surface area (Å²) in [6, 6.07) is 10.0. The molecule has 3 amide bonds. The zero-order valence-corrected chi connectivity index (χ0v) is 17.0. The van der Waals surface area contributed by atoms with Crippen molar-refractivity contribution in [3.8, 4) is 0 Å². The van der Waals surface area contributed by atoms with Crippen molar-refractivity contribution in [2.45, 2.75) is 45.4 Å². The van der Waals surface area contributed by atoms with Crippen molar-refractivity contribution in [3.63, 3.8) is 0 Å². The van der Waals surface area contributed by atoms with Gasteiger partial charge in [0.1, 0.15) is 18.2 Å². The Morgan fingerprint density at radius 1 is 1.20 bits per heavy atom. The molecule has 3 N–H and O–H groups in total. The van der Waals surface area contributed by atoms with E-state index in [-0.39, 0.29) is 13.0 Å². The maximum atomic E-state index is 12.4. The van der Waals surface area contributed by atoms with Gasteiger partial charge in [-0.1, -0.05) is 30.3 Å². The third-order valence-electron chi connectivity index (χ3n) is 4.09. The molecule has 2 aromatic rings. The quantitative estimate of drug-likeness (QED) is 0.710. The van der Waals surface area contributed by atoms with Crippen LogP contribution in [-0.2, 0) is 27.3 Å². The highest BCUT2D eigenvalue weighted by Gasteiger charge is 2.29. The first kappa shape index (κ1) is 21.1. The van der Waals surface area contributed by atoms with Gasteiger partial charge in [0.05, 0.1) is 23.3 Å². The molecule has 1 aromatic heterocycles.